The Morgan fingerprint density at radius 2 is 1.70 bits per heavy atom. The number of fused-ring (bicyclic) bond motifs is 1. The zero-order valence-electron chi connectivity index (χ0n) is 12.4. The van der Waals surface area contributed by atoms with Gasteiger partial charge in [-0.2, -0.15) is 0 Å². The second kappa shape index (κ2) is 4.37. The molecular weight excluding hydrogens is 246 g/mol. The molecule has 3 aromatic rings. The number of imidazole rings is 1. The molecular formula is C17H19N3. The highest BCUT2D eigenvalue weighted by atomic mass is 15.0. The van der Waals surface area contributed by atoms with Gasteiger partial charge in [0, 0.05) is 23.1 Å². The van der Waals surface area contributed by atoms with E-state index in [1.165, 1.54) is 11.1 Å². The van der Waals surface area contributed by atoms with E-state index in [9.17, 15) is 0 Å². The summed E-state index contributed by atoms with van der Waals surface area (Å²) >= 11 is 0. The molecule has 0 bridgehead atoms. The van der Waals surface area contributed by atoms with Crippen LogP contribution in [0.3, 0.4) is 0 Å². The topological polar surface area (TPSA) is 43.3 Å². The number of hydrogen-bond acceptors (Lipinski definition) is 2. The van der Waals surface area contributed by atoms with E-state index in [2.05, 4.69) is 43.4 Å². The third-order valence-corrected chi connectivity index (χ3v) is 3.94. The molecule has 0 unspecified atom stereocenters. The van der Waals surface area contributed by atoms with Gasteiger partial charge in [-0.05, 0) is 56.5 Å². The fraction of sp³-hybridized carbons (Fsp3) is 0.235. The normalized spacial score (nSPS) is 11.2. The van der Waals surface area contributed by atoms with Crippen molar-refractivity contribution in [1.29, 1.82) is 0 Å². The van der Waals surface area contributed by atoms with Crippen molar-refractivity contribution < 1.29 is 0 Å². The van der Waals surface area contributed by atoms with E-state index >= 15 is 0 Å². The highest BCUT2D eigenvalue weighted by Crippen LogP contribution is 2.27. The maximum atomic E-state index is 5.94. The molecule has 20 heavy (non-hydrogen) atoms. The number of pyridine rings is 1. The van der Waals surface area contributed by atoms with Gasteiger partial charge in [0.1, 0.15) is 5.65 Å². The molecule has 0 amide bonds. The average molecular weight is 265 g/mol. The Balaban J connectivity index is 2.29. The van der Waals surface area contributed by atoms with Crippen LogP contribution in [-0.4, -0.2) is 9.38 Å². The minimum absolute atomic E-state index is 0.766. The summed E-state index contributed by atoms with van der Waals surface area (Å²) in [7, 11) is 0. The van der Waals surface area contributed by atoms with Crippen molar-refractivity contribution in [1.82, 2.24) is 9.38 Å². The van der Waals surface area contributed by atoms with Gasteiger partial charge in [0.15, 0.2) is 0 Å². The van der Waals surface area contributed by atoms with Gasteiger partial charge >= 0.3 is 0 Å². The third kappa shape index (κ3) is 1.86. The Morgan fingerprint density at radius 1 is 0.950 bits per heavy atom. The molecule has 3 rings (SSSR count). The van der Waals surface area contributed by atoms with Gasteiger partial charge in [0.2, 0.25) is 0 Å². The lowest BCUT2D eigenvalue weighted by molar-refractivity contribution is 1.10. The lowest BCUT2D eigenvalue weighted by Crippen LogP contribution is -1.94. The Hall–Kier alpha value is -2.29. The highest BCUT2D eigenvalue weighted by molar-refractivity contribution is 5.69. The van der Waals surface area contributed by atoms with Crippen molar-refractivity contribution in [3.8, 4) is 11.3 Å². The number of nitrogens with two attached hydrogens (primary N) is 1. The van der Waals surface area contributed by atoms with Crippen molar-refractivity contribution in [2.24, 2.45) is 0 Å². The standard InChI is InChI=1S/C17H19N3/c1-10-5-6-14(7-11(10)2)16-13(4)20-9-15(18)8-12(3)17(20)19-16/h5-9H,18H2,1-4H3. The number of benzene rings is 1. The molecule has 0 aliphatic heterocycles. The molecule has 3 heteroatoms. The Kier molecular flexibility index (Phi) is 2.78. The minimum atomic E-state index is 0.766. The number of aromatic nitrogens is 2. The summed E-state index contributed by atoms with van der Waals surface area (Å²) in [4.78, 5) is 4.80. The second-order valence-corrected chi connectivity index (χ2v) is 5.49. The molecule has 0 saturated carbocycles. The van der Waals surface area contributed by atoms with Crippen LogP contribution in [0.1, 0.15) is 22.4 Å². The highest BCUT2D eigenvalue weighted by Gasteiger charge is 2.12. The largest absolute Gasteiger partial charge is 0.398 e. The van der Waals surface area contributed by atoms with Crippen LogP contribution in [0.4, 0.5) is 5.69 Å². The first-order valence-corrected chi connectivity index (χ1v) is 6.80. The van der Waals surface area contributed by atoms with Crippen LogP contribution in [0, 0.1) is 27.7 Å². The Labute approximate surface area is 119 Å². The lowest BCUT2D eigenvalue weighted by Gasteiger charge is -2.04. The van der Waals surface area contributed by atoms with Crippen molar-refractivity contribution in [2.75, 3.05) is 5.73 Å². The molecule has 102 valence electrons. The molecule has 0 saturated heterocycles. The fourth-order valence-electron chi connectivity index (χ4n) is 2.61. The number of nitrogen functional groups attached to an aromatic ring is 1. The van der Waals surface area contributed by atoms with E-state index in [0.29, 0.717) is 0 Å². The molecule has 3 nitrogen and oxygen atoms in total. The van der Waals surface area contributed by atoms with Gasteiger partial charge < -0.3 is 10.1 Å². The molecule has 0 atom stereocenters. The molecule has 0 aliphatic rings. The van der Waals surface area contributed by atoms with Crippen LogP contribution in [0.25, 0.3) is 16.9 Å². The number of rotatable bonds is 1. The van der Waals surface area contributed by atoms with Crippen LogP contribution < -0.4 is 5.73 Å². The first-order valence-electron chi connectivity index (χ1n) is 6.80. The molecule has 1 aromatic carbocycles. The smallest absolute Gasteiger partial charge is 0.140 e. The predicted molar refractivity (Wildman–Crippen MR) is 84.0 cm³/mol. The number of nitrogens with zero attached hydrogens (tertiary/aromatic N) is 2. The van der Waals surface area contributed by atoms with Crippen molar-refractivity contribution in [3.05, 3.63) is 52.8 Å². The summed E-state index contributed by atoms with van der Waals surface area (Å²) < 4.78 is 2.08. The number of hydrogen-bond donors (Lipinski definition) is 1. The van der Waals surface area contributed by atoms with E-state index in [-0.39, 0.29) is 0 Å². The number of anilines is 1. The van der Waals surface area contributed by atoms with Gasteiger partial charge in [0.05, 0.1) is 5.69 Å². The average Bonchev–Trinajstić information content (AvgIpc) is 2.71. The molecule has 2 aromatic heterocycles. The quantitative estimate of drug-likeness (QED) is 0.727. The van der Waals surface area contributed by atoms with Crippen molar-refractivity contribution in [2.45, 2.75) is 27.7 Å². The van der Waals surface area contributed by atoms with Crippen LogP contribution >= 0.6 is 0 Å². The maximum Gasteiger partial charge on any atom is 0.140 e. The van der Waals surface area contributed by atoms with Gasteiger partial charge in [0.25, 0.3) is 0 Å². The SMILES string of the molecule is Cc1ccc(-c2nc3c(C)cc(N)cn3c2C)cc1C. The van der Waals surface area contributed by atoms with E-state index in [1.54, 1.807) is 0 Å². The Morgan fingerprint density at radius 3 is 2.40 bits per heavy atom. The van der Waals surface area contributed by atoms with Crippen molar-refractivity contribution in [3.63, 3.8) is 0 Å². The van der Waals surface area contributed by atoms with Gasteiger partial charge in [-0.25, -0.2) is 4.98 Å². The van der Waals surface area contributed by atoms with Gasteiger partial charge in [-0.15, -0.1) is 0 Å². The van der Waals surface area contributed by atoms with Crippen LogP contribution in [0.15, 0.2) is 30.5 Å². The zero-order valence-corrected chi connectivity index (χ0v) is 12.4. The lowest BCUT2D eigenvalue weighted by atomic mass is 10.0. The summed E-state index contributed by atoms with van der Waals surface area (Å²) in [6.45, 7) is 8.39. The first kappa shape index (κ1) is 12.7. The molecule has 2 heterocycles. The van der Waals surface area contributed by atoms with Crippen LogP contribution in [0.5, 0.6) is 0 Å². The zero-order chi connectivity index (χ0) is 14.4. The molecule has 2 N–H and O–H groups in total. The van der Waals surface area contributed by atoms with E-state index < -0.39 is 0 Å². The van der Waals surface area contributed by atoms with Crippen molar-refractivity contribution >= 4 is 11.3 Å². The van der Waals surface area contributed by atoms with Crippen LogP contribution in [-0.2, 0) is 0 Å². The van der Waals surface area contributed by atoms with E-state index in [0.717, 1.165) is 33.8 Å². The molecule has 0 radical (unpaired) electrons. The van der Waals surface area contributed by atoms with Crippen LogP contribution in [0.2, 0.25) is 0 Å². The fourth-order valence-corrected chi connectivity index (χ4v) is 2.61. The Bertz CT molecular complexity index is 813. The summed E-state index contributed by atoms with van der Waals surface area (Å²) in [6.07, 6.45) is 1.94. The minimum Gasteiger partial charge on any atom is -0.398 e. The summed E-state index contributed by atoms with van der Waals surface area (Å²) in [5, 5.41) is 0. The van der Waals surface area contributed by atoms with E-state index in [1.807, 2.05) is 19.2 Å². The van der Waals surface area contributed by atoms with E-state index in [4.69, 9.17) is 10.7 Å². The summed E-state index contributed by atoms with van der Waals surface area (Å²) in [5.41, 5.74) is 14.7. The third-order valence-electron chi connectivity index (χ3n) is 3.94. The first-order chi connectivity index (χ1) is 9.47. The molecule has 0 aliphatic carbocycles. The molecule has 0 spiro atoms. The predicted octanol–water partition coefficient (Wildman–Crippen LogP) is 3.82. The van der Waals surface area contributed by atoms with Gasteiger partial charge in [-0.1, -0.05) is 12.1 Å². The molecule has 0 fully saturated rings. The summed E-state index contributed by atoms with van der Waals surface area (Å²) in [5.74, 6) is 0. The number of aryl methyl sites for hydroxylation is 4. The maximum absolute atomic E-state index is 5.94. The monoisotopic (exact) mass is 265 g/mol. The summed E-state index contributed by atoms with van der Waals surface area (Å²) in [6, 6.07) is 8.44. The van der Waals surface area contributed by atoms with Gasteiger partial charge in [-0.3, -0.25) is 0 Å². The second-order valence-electron chi connectivity index (χ2n) is 5.49.